The predicted molar refractivity (Wildman–Crippen MR) is 57.2 cm³/mol. The number of hydrogen-bond acceptors (Lipinski definition) is 4. The number of nitro groups is 1. The van der Waals surface area contributed by atoms with E-state index in [1.165, 1.54) is 0 Å². The summed E-state index contributed by atoms with van der Waals surface area (Å²) in [6.45, 7) is 3.74. The Morgan fingerprint density at radius 2 is 2.00 bits per heavy atom. The highest BCUT2D eigenvalue weighted by Gasteiger charge is 2.27. The van der Waals surface area contributed by atoms with Crippen LogP contribution in [0.25, 0.3) is 0 Å². The standard InChI is InChI=1S/C10H21NO4/c1-3-9(11(14)15)10(13)6-4-5-8(2)7-12/h8-10,12-13H,3-7H2,1-2H3. The van der Waals surface area contributed by atoms with Crippen molar-refractivity contribution in [2.75, 3.05) is 6.61 Å². The van der Waals surface area contributed by atoms with E-state index in [9.17, 15) is 15.2 Å². The molecule has 0 aromatic carbocycles. The molecule has 0 fully saturated rings. The number of nitrogens with zero attached hydrogens (tertiary/aromatic N) is 1. The van der Waals surface area contributed by atoms with E-state index in [0.29, 0.717) is 19.3 Å². The van der Waals surface area contributed by atoms with Crippen molar-refractivity contribution in [2.45, 2.75) is 51.7 Å². The SMILES string of the molecule is CCC(C(O)CCCC(C)CO)[N+](=O)[O-]. The van der Waals surface area contributed by atoms with Crippen molar-refractivity contribution in [3.05, 3.63) is 10.1 Å². The van der Waals surface area contributed by atoms with Gasteiger partial charge in [0.05, 0.1) is 0 Å². The Morgan fingerprint density at radius 1 is 1.40 bits per heavy atom. The zero-order valence-electron chi connectivity index (χ0n) is 9.43. The number of aliphatic hydroxyl groups is 2. The summed E-state index contributed by atoms with van der Waals surface area (Å²) in [5.41, 5.74) is 0. The summed E-state index contributed by atoms with van der Waals surface area (Å²) in [4.78, 5) is 10.1. The minimum Gasteiger partial charge on any atom is -0.396 e. The molecule has 2 N–H and O–H groups in total. The Bertz CT molecular complexity index is 186. The molecule has 3 atom stereocenters. The van der Waals surface area contributed by atoms with Gasteiger partial charge in [0.15, 0.2) is 0 Å². The third-order valence-corrected chi connectivity index (χ3v) is 2.64. The molecule has 3 unspecified atom stereocenters. The molecular formula is C10H21NO4. The van der Waals surface area contributed by atoms with Crippen molar-refractivity contribution in [2.24, 2.45) is 5.92 Å². The average Bonchev–Trinajstić information content (AvgIpc) is 2.17. The van der Waals surface area contributed by atoms with Crippen LogP contribution in [-0.2, 0) is 0 Å². The van der Waals surface area contributed by atoms with Crippen LogP contribution in [0.4, 0.5) is 0 Å². The summed E-state index contributed by atoms with van der Waals surface area (Å²) in [6, 6.07) is -0.852. The summed E-state index contributed by atoms with van der Waals surface area (Å²) >= 11 is 0. The van der Waals surface area contributed by atoms with Gasteiger partial charge in [0.25, 0.3) is 0 Å². The van der Waals surface area contributed by atoms with Gasteiger partial charge in [-0.05, 0) is 18.8 Å². The molecule has 0 saturated heterocycles. The van der Waals surface area contributed by atoms with Gasteiger partial charge in [-0.25, -0.2) is 0 Å². The second-order valence-electron chi connectivity index (χ2n) is 4.05. The summed E-state index contributed by atoms with van der Waals surface area (Å²) < 4.78 is 0. The first kappa shape index (κ1) is 14.3. The van der Waals surface area contributed by atoms with Crippen LogP contribution in [0.2, 0.25) is 0 Å². The van der Waals surface area contributed by atoms with E-state index in [1.54, 1.807) is 6.92 Å². The molecule has 5 heteroatoms. The number of rotatable bonds is 8. The third kappa shape index (κ3) is 5.69. The molecule has 90 valence electrons. The molecule has 0 aliphatic heterocycles. The highest BCUT2D eigenvalue weighted by atomic mass is 16.6. The molecule has 0 rings (SSSR count). The van der Waals surface area contributed by atoms with E-state index >= 15 is 0 Å². The van der Waals surface area contributed by atoms with Crippen molar-refractivity contribution in [3.63, 3.8) is 0 Å². The average molecular weight is 219 g/mol. The Hall–Kier alpha value is -0.680. The van der Waals surface area contributed by atoms with Crippen LogP contribution in [-0.4, -0.2) is 33.9 Å². The van der Waals surface area contributed by atoms with Gasteiger partial charge in [-0.15, -0.1) is 0 Å². The smallest absolute Gasteiger partial charge is 0.238 e. The molecule has 5 nitrogen and oxygen atoms in total. The van der Waals surface area contributed by atoms with Crippen molar-refractivity contribution in [1.82, 2.24) is 0 Å². The van der Waals surface area contributed by atoms with E-state index < -0.39 is 17.1 Å². The summed E-state index contributed by atoms with van der Waals surface area (Å²) in [5.74, 6) is 0.202. The summed E-state index contributed by atoms with van der Waals surface area (Å²) in [5, 5.41) is 28.9. The first-order valence-electron chi connectivity index (χ1n) is 5.45. The molecule has 15 heavy (non-hydrogen) atoms. The zero-order chi connectivity index (χ0) is 11.8. The molecule has 0 aliphatic carbocycles. The predicted octanol–water partition coefficient (Wildman–Crippen LogP) is 1.20. The molecule has 0 aromatic heterocycles. The van der Waals surface area contributed by atoms with Crippen molar-refractivity contribution >= 4 is 0 Å². The lowest BCUT2D eigenvalue weighted by Crippen LogP contribution is -2.33. The van der Waals surface area contributed by atoms with Crippen molar-refractivity contribution in [3.8, 4) is 0 Å². The normalized spacial score (nSPS) is 17.1. The van der Waals surface area contributed by atoms with Gasteiger partial charge >= 0.3 is 0 Å². The number of hydrogen-bond donors (Lipinski definition) is 2. The fraction of sp³-hybridized carbons (Fsp3) is 1.00. The lowest BCUT2D eigenvalue weighted by Gasteiger charge is -2.15. The number of aliphatic hydroxyl groups excluding tert-OH is 2. The van der Waals surface area contributed by atoms with Crippen LogP contribution < -0.4 is 0 Å². The van der Waals surface area contributed by atoms with Crippen LogP contribution in [0.3, 0.4) is 0 Å². The Balaban J connectivity index is 3.81. The summed E-state index contributed by atoms with van der Waals surface area (Å²) in [6.07, 6.45) is 1.43. The van der Waals surface area contributed by atoms with Gasteiger partial charge in [-0.3, -0.25) is 10.1 Å². The van der Waals surface area contributed by atoms with E-state index in [0.717, 1.165) is 6.42 Å². The summed E-state index contributed by atoms with van der Waals surface area (Å²) in [7, 11) is 0. The maximum atomic E-state index is 10.5. The van der Waals surface area contributed by atoms with Crippen LogP contribution in [0.1, 0.15) is 39.5 Å². The minimum absolute atomic E-state index is 0.128. The van der Waals surface area contributed by atoms with E-state index in [1.807, 2.05) is 6.92 Å². The molecule has 0 aliphatic rings. The van der Waals surface area contributed by atoms with Crippen LogP contribution in [0.5, 0.6) is 0 Å². The van der Waals surface area contributed by atoms with Gasteiger partial charge in [-0.2, -0.15) is 0 Å². The van der Waals surface area contributed by atoms with Crippen LogP contribution in [0, 0.1) is 16.0 Å². The fourth-order valence-corrected chi connectivity index (χ4v) is 1.52. The minimum atomic E-state index is -0.865. The lowest BCUT2D eigenvalue weighted by atomic mass is 9.99. The van der Waals surface area contributed by atoms with Crippen molar-refractivity contribution < 1.29 is 15.1 Å². The molecule has 0 spiro atoms. The van der Waals surface area contributed by atoms with Crippen molar-refractivity contribution in [1.29, 1.82) is 0 Å². The van der Waals surface area contributed by atoms with Gasteiger partial charge in [0, 0.05) is 18.0 Å². The molecule has 0 aromatic rings. The fourth-order valence-electron chi connectivity index (χ4n) is 1.52. The first-order chi connectivity index (χ1) is 7.02. The Labute approximate surface area is 90.3 Å². The van der Waals surface area contributed by atoms with E-state index in [-0.39, 0.29) is 12.5 Å². The van der Waals surface area contributed by atoms with Gasteiger partial charge < -0.3 is 10.2 Å². The van der Waals surface area contributed by atoms with Crippen LogP contribution in [0.15, 0.2) is 0 Å². The lowest BCUT2D eigenvalue weighted by molar-refractivity contribution is -0.534. The van der Waals surface area contributed by atoms with Crippen LogP contribution >= 0.6 is 0 Å². The second kappa shape index (κ2) is 7.59. The Morgan fingerprint density at radius 3 is 2.40 bits per heavy atom. The zero-order valence-corrected chi connectivity index (χ0v) is 9.43. The monoisotopic (exact) mass is 219 g/mol. The quantitative estimate of drug-likeness (QED) is 0.474. The second-order valence-corrected chi connectivity index (χ2v) is 4.05. The molecule has 0 radical (unpaired) electrons. The van der Waals surface area contributed by atoms with E-state index in [4.69, 9.17) is 5.11 Å². The molecule has 0 amide bonds. The highest BCUT2D eigenvalue weighted by Crippen LogP contribution is 2.13. The van der Waals surface area contributed by atoms with Gasteiger partial charge in [0.1, 0.15) is 6.10 Å². The van der Waals surface area contributed by atoms with Gasteiger partial charge in [-0.1, -0.05) is 20.3 Å². The van der Waals surface area contributed by atoms with E-state index in [2.05, 4.69) is 0 Å². The molecule has 0 bridgehead atoms. The Kier molecular flexibility index (Phi) is 7.25. The third-order valence-electron chi connectivity index (χ3n) is 2.64. The molecule has 0 saturated carbocycles. The maximum Gasteiger partial charge on any atom is 0.238 e. The topological polar surface area (TPSA) is 83.6 Å². The molecule has 0 heterocycles. The maximum absolute atomic E-state index is 10.5. The highest BCUT2D eigenvalue weighted by molar-refractivity contribution is 4.67. The molecular weight excluding hydrogens is 198 g/mol. The largest absolute Gasteiger partial charge is 0.396 e. The first-order valence-corrected chi connectivity index (χ1v) is 5.45. The van der Waals surface area contributed by atoms with Gasteiger partial charge in [0.2, 0.25) is 6.04 Å².